The average Bonchev–Trinajstić information content (AvgIpc) is 2.92. The van der Waals surface area contributed by atoms with Crippen LogP contribution in [0.4, 0.5) is 5.13 Å². The van der Waals surface area contributed by atoms with Crippen molar-refractivity contribution < 1.29 is 5.11 Å². The Kier molecular flexibility index (Phi) is 2.71. The quantitative estimate of drug-likeness (QED) is 0.748. The third-order valence-electron chi connectivity index (χ3n) is 3.71. The summed E-state index contributed by atoms with van der Waals surface area (Å²) in [6, 6.07) is 9.58. The van der Waals surface area contributed by atoms with E-state index >= 15 is 0 Å². The lowest BCUT2D eigenvalue weighted by molar-refractivity contribution is 0.452. The molecule has 0 atom stereocenters. The van der Waals surface area contributed by atoms with Gasteiger partial charge in [-0.2, -0.15) is 0 Å². The first kappa shape index (κ1) is 12.4. The van der Waals surface area contributed by atoms with Crippen molar-refractivity contribution in [3.63, 3.8) is 0 Å². The summed E-state index contributed by atoms with van der Waals surface area (Å²) in [6.45, 7) is 2.18. The molecule has 0 bridgehead atoms. The van der Waals surface area contributed by atoms with Gasteiger partial charge in [-0.05, 0) is 12.1 Å². The highest BCUT2D eigenvalue weighted by molar-refractivity contribution is 7.22. The zero-order chi connectivity index (χ0) is 14.4. The summed E-state index contributed by atoms with van der Waals surface area (Å²) in [5.74, 6) is -0.188. The minimum absolute atomic E-state index is 0.188. The Hall–Kier alpha value is -2.34. The van der Waals surface area contributed by atoms with E-state index in [1.165, 1.54) is 17.0 Å². The molecule has 5 nitrogen and oxygen atoms in total. The highest BCUT2D eigenvalue weighted by Crippen LogP contribution is 2.30. The zero-order valence-electron chi connectivity index (χ0n) is 11.2. The molecule has 2 aromatic heterocycles. The molecule has 106 valence electrons. The summed E-state index contributed by atoms with van der Waals surface area (Å²) in [5, 5.41) is 10.5. The van der Waals surface area contributed by atoms with Gasteiger partial charge in [0.25, 0.3) is 0 Å². The van der Waals surface area contributed by atoms with Crippen molar-refractivity contribution in [3.05, 3.63) is 52.4 Å². The average molecular weight is 299 g/mol. The topological polar surface area (TPSA) is 58.4 Å². The van der Waals surface area contributed by atoms with Crippen molar-refractivity contribution in [2.24, 2.45) is 0 Å². The van der Waals surface area contributed by atoms with Crippen LogP contribution < -0.4 is 10.3 Å². The third kappa shape index (κ3) is 2.08. The number of benzene rings is 1. The molecule has 0 saturated heterocycles. The van der Waals surface area contributed by atoms with E-state index in [1.54, 1.807) is 11.3 Å². The van der Waals surface area contributed by atoms with Crippen LogP contribution >= 0.6 is 11.3 Å². The number of nitrogens with zero attached hydrogens (tertiary/aromatic N) is 3. The molecular formula is C15H13N3O2S. The number of thiazole rings is 1. The Morgan fingerprint density at radius 3 is 2.95 bits per heavy atom. The van der Waals surface area contributed by atoms with Crippen LogP contribution in [0.5, 0.6) is 5.75 Å². The van der Waals surface area contributed by atoms with Crippen molar-refractivity contribution in [2.75, 3.05) is 11.4 Å². The molecule has 0 radical (unpaired) electrons. The molecule has 6 heteroatoms. The number of aromatic hydroxyl groups is 1. The van der Waals surface area contributed by atoms with Gasteiger partial charge in [-0.25, -0.2) is 4.98 Å². The van der Waals surface area contributed by atoms with E-state index in [1.807, 2.05) is 22.8 Å². The van der Waals surface area contributed by atoms with E-state index in [4.69, 9.17) is 0 Å². The molecule has 1 N–H and O–H groups in total. The number of para-hydroxylation sites is 1. The van der Waals surface area contributed by atoms with Gasteiger partial charge in [0.2, 0.25) is 5.43 Å². The van der Waals surface area contributed by atoms with Gasteiger partial charge in [0, 0.05) is 24.8 Å². The Morgan fingerprint density at radius 1 is 1.24 bits per heavy atom. The molecule has 21 heavy (non-hydrogen) atoms. The molecule has 1 aliphatic rings. The smallest absolute Gasteiger partial charge is 0.223 e. The van der Waals surface area contributed by atoms with E-state index in [9.17, 15) is 9.90 Å². The predicted molar refractivity (Wildman–Crippen MR) is 83.0 cm³/mol. The zero-order valence-corrected chi connectivity index (χ0v) is 12.0. The van der Waals surface area contributed by atoms with Crippen LogP contribution in [-0.4, -0.2) is 21.2 Å². The fourth-order valence-electron chi connectivity index (χ4n) is 2.61. The number of anilines is 1. The van der Waals surface area contributed by atoms with Crippen molar-refractivity contribution in [1.82, 2.24) is 9.55 Å². The van der Waals surface area contributed by atoms with E-state index in [-0.39, 0.29) is 11.2 Å². The summed E-state index contributed by atoms with van der Waals surface area (Å²) in [5.41, 5.74) is 1.59. The molecule has 1 aliphatic heterocycles. The maximum absolute atomic E-state index is 11.6. The Morgan fingerprint density at radius 2 is 2.10 bits per heavy atom. The molecule has 0 aliphatic carbocycles. The second-order valence-electron chi connectivity index (χ2n) is 5.09. The fourth-order valence-corrected chi connectivity index (χ4v) is 3.60. The minimum Gasteiger partial charge on any atom is -0.503 e. The number of rotatable bonds is 1. The monoisotopic (exact) mass is 299 g/mol. The first-order valence-corrected chi connectivity index (χ1v) is 7.55. The third-order valence-corrected chi connectivity index (χ3v) is 4.81. The summed E-state index contributed by atoms with van der Waals surface area (Å²) >= 11 is 1.66. The lowest BCUT2D eigenvalue weighted by atomic mass is 10.2. The Balaban J connectivity index is 1.71. The van der Waals surface area contributed by atoms with Crippen LogP contribution in [0.25, 0.3) is 10.2 Å². The number of pyridine rings is 1. The van der Waals surface area contributed by atoms with Crippen LogP contribution in [0.3, 0.4) is 0 Å². The van der Waals surface area contributed by atoms with Crippen molar-refractivity contribution >= 4 is 26.7 Å². The standard InChI is InChI=1S/C15H13N3O2S/c19-12-7-10-8-18(6-5-17(10)9-13(12)20)15-16-11-3-1-2-4-14(11)21-15/h1-4,7,9,20H,5-6,8H2. The summed E-state index contributed by atoms with van der Waals surface area (Å²) in [4.78, 5) is 18.4. The van der Waals surface area contributed by atoms with Crippen LogP contribution in [-0.2, 0) is 13.1 Å². The van der Waals surface area contributed by atoms with Crippen LogP contribution in [0, 0.1) is 0 Å². The number of fused-ring (bicyclic) bond motifs is 2. The maximum atomic E-state index is 11.6. The molecule has 3 aromatic rings. The van der Waals surface area contributed by atoms with Gasteiger partial charge in [0.1, 0.15) is 0 Å². The second-order valence-corrected chi connectivity index (χ2v) is 6.10. The van der Waals surface area contributed by atoms with E-state index in [0.717, 1.165) is 29.4 Å². The molecule has 0 fully saturated rings. The van der Waals surface area contributed by atoms with Gasteiger partial charge < -0.3 is 14.6 Å². The highest BCUT2D eigenvalue weighted by atomic mass is 32.1. The van der Waals surface area contributed by atoms with Gasteiger partial charge in [-0.1, -0.05) is 23.5 Å². The molecule has 0 unspecified atom stereocenters. The van der Waals surface area contributed by atoms with Crippen molar-refractivity contribution in [3.8, 4) is 5.75 Å². The SMILES string of the molecule is O=c1cc2n(cc1O)CCN(c1nc3ccccc3s1)C2. The first-order valence-electron chi connectivity index (χ1n) is 6.73. The molecule has 0 spiro atoms. The highest BCUT2D eigenvalue weighted by Gasteiger charge is 2.19. The van der Waals surface area contributed by atoms with Gasteiger partial charge >= 0.3 is 0 Å². The minimum atomic E-state index is -0.326. The van der Waals surface area contributed by atoms with Gasteiger partial charge in [-0.15, -0.1) is 0 Å². The molecule has 0 amide bonds. The van der Waals surface area contributed by atoms with Gasteiger partial charge in [0.05, 0.1) is 23.0 Å². The maximum Gasteiger partial charge on any atom is 0.223 e. The Bertz CT molecular complexity index is 851. The first-order chi connectivity index (χ1) is 10.2. The second kappa shape index (κ2) is 4.60. The summed E-state index contributed by atoms with van der Waals surface area (Å²) in [6.07, 6.45) is 1.52. The van der Waals surface area contributed by atoms with Crippen molar-refractivity contribution in [1.29, 1.82) is 0 Å². The molecule has 0 saturated carbocycles. The number of hydrogen-bond acceptors (Lipinski definition) is 5. The van der Waals surface area contributed by atoms with E-state index in [2.05, 4.69) is 16.0 Å². The van der Waals surface area contributed by atoms with Gasteiger partial charge in [-0.3, -0.25) is 4.79 Å². The molecular weight excluding hydrogens is 286 g/mol. The summed E-state index contributed by atoms with van der Waals surface area (Å²) < 4.78 is 3.10. The van der Waals surface area contributed by atoms with E-state index < -0.39 is 0 Å². The van der Waals surface area contributed by atoms with Crippen LogP contribution in [0.2, 0.25) is 0 Å². The summed E-state index contributed by atoms with van der Waals surface area (Å²) in [7, 11) is 0. The van der Waals surface area contributed by atoms with Crippen LogP contribution in [0.15, 0.2) is 41.3 Å². The predicted octanol–water partition coefficient (Wildman–Crippen LogP) is 2.18. The normalized spacial score (nSPS) is 14.4. The molecule has 3 heterocycles. The molecule has 1 aromatic carbocycles. The number of hydrogen-bond donors (Lipinski definition) is 1. The number of aromatic nitrogens is 2. The largest absolute Gasteiger partial charge is 0.503 e. The lowest BCUT2D eigenvalue weighted by Gasteiger charge is -2.29. The van der Waals surface area contributed by atoms with Gasteiger partial charge in [0.15, 0.2) is 10.9 Å². The Labute approximate surface area is 124 Å². The molecule has 4 rings (SSSR count). The fraction of sp³-hybridized carbons (Fsp3) is 0.200. The van der Waals surface area contributed by atoms with Crippen LogP contribution in [0.1, 0.15) is 5.69 Å². The van der Waals surface area contributed by atoms with E-state index in [0.29, 0.717) is 6.54 Å². The van der Waals surface area contributed by atoms with Crippen molar-refractivity contribution in [2.45, 2.75) is 13.1 Å². The lowest BCUT2D eigenvalue weighted by Crippen LogP contribution is -2.34.